The number of thiophene rings is 1. The number of aryl methyl sites for hydroxylation is 1. The van der Waals surface area contributed by atoms with Crippen molar-refractivity contribution in [3.8, 4) is 0 Å². The van der Waals surface area contributed by atoms with Crippen molar-refractivity contribution < 1.29 is 4.79 Å². The third-order valence-electron chi connectivity index (χ3n) is 4.87. The first-order valence-electron chi connectivity index (χ1n) is 8.41. The lowest BCUT2D eigenvalue weighted by atomic mass is 9.84. The molecule has 24 heavy (non-hydrogen) atoms. The first kappa shape index (κ1) is 16.1. The molecule has 4 nitrogen and oxygen atoms in total. The van der Waals surface area contributed by atoms with Gasteiger partial charge < -0.3 is 10.2 Å². The average Bonchev–Trinajstić information content (AvgIpc) is 3.07. The number of carbonyl (C=O) groups is 1. The van der Waals surface area contributed by atoms with Crippen molar-refractivity contribution in [2.45, 2.75) is 35.0 Å². The van der Waals surface area contributed by atoms with Gasteiger partial charge in [0.15, 0.2) is 0 Å². The Hall–Kier alpha value is -1.37. The van der Waals surface area contributed by atoms with E-state index in [2.05, 4.69) is 21.3 Å². The molecule has 3 aliphatic rings. The number of amides is 1. The molecule has 0 aromatic carbocycles. The highest BCUT2D eigenvalue weighted by Gasteiger charge is 2.35. The summed E-state index contributed by atoms with van der Waals surface area (Å²) in [6.45, 7) is 5.43. The number of nitrogens with zero attached hydrogens (tertiary/aromatic N) is 2. The van der Waals surface area contributed by atoms with Crippen molar-refractivity contribution in [2.75, 3.05) is 19.6 Å². The number of hydrogen-bond donors (Lipinski definition) is 1. The summed E-state index contributed by atoms with van der Waals surface area (Å²) in [5.74, 6) is 0.729. The molecule has 1 amide bonds. The highest BCUT2D eigenvalue weighted by molar-refractivity contribution is 8.01. The van der Waals surface area contributed by atoms with Crippen LogP contribution in [0.2, 0.25) is 0 Å². The van der Waals surface area contributed by atoms with Crippen molar-refractivity contribution in [3.63, 3.8) is 0 Å². The molecule has 1 atom stereocenters. The molecule has 5 rings (SSSR count). The van der Waals surface area contributed by atoms with Gasteiger partial charge in [-0.3, -0.25) is 4.79 Å². The third kappa shape index (κ3) is 3.50. The SMILES string of the molecule is Cc1ccc(Sc2ccc(C(=O)N[C@H]3CN4CCC3CC4)s2)nc1. The molecule has 0 saturated carbocycles. The molecule has 2 aromatic heterocycles. The van der Waals surface area contributed by atoms with Gasteiger partial charge in [0.1, 0.15) is 5.03 Å². The van der Waals surface area contributed by atoms with E-state index in [1.165, 1.54) is 25.9 Å². The Kier molecular flexibility index (Phi) is 4.61. The molecule has 0 unspecified atom stereocenters. The standard InChI is InChI=1S/C18H21N3OS2/c1-12-2-4-16(19-10-12)24-17-5-3-15(23-17)18(22)20-14-11-21-8-6-13(14)7-9-21/h2-5,10,13-14H,6-9,11H2,1H3,(H,20,22)/t14-/m0/s1. The van der Waals surface area contributed by atoms with Gasteiger partial charge in [-0.1, -0.05) is 17.8 Å². The van der Waals surface area contributed by atoms with Gasteiger partial charge in [-0.2, -0.15) is 0 Å². The van der Waals surface area contributed by atoms with E-state index in [9.17, 15) is 4.79 Å². The fourth-order valence-corrected chi connectivity index (χ4v) is 5.40. The van der Waals surface area contributed by atoms with E-state index in [-0.39, 0.29) is 5.91 Å². The van der Waals surface area contributed by atoms with E-state index >= 15 is 0 Å². The Labute approximate surface area is 150 Å². The summed E-state index contributed by atoms with van der Waals surface area (Å²) in [7, 11) is 0. The molecule has 1 N–H and O–H groups in total. The minimum atomic E-state index is 0.0717. The van der Waals surface area contributed by atoms with Gasteiger partial charge in [0.25, 0.3) is 5.91 Å². The van der Waals surface area contributed by atoms with Crippen molar-refractivity contribution >= 4 is 29.0 Å². The van der Waals surface area contributed by atoms with E-state index < -0.39 is 0 Å². The van der Waals surface area contributed by atoms with Crippen LogP contribution < -0.4 is 5.32 Å². The van der Waals surface area contributed by atoms with Gasteiger partial charge in [0, 0.05) is 18.8 Å². The highest BCUT2D eigenvalue weighted by Crippen LogP contribution is 2.33. The number of hydrogen-bond acceptors (Lipinski definition) is 5. The fraction of sp³-hybridized carbons (Fsp3) is 0.444. The normalized spacial score (nSPS) is 25.6. The minimum Gasteiger partial charge on any atom is -0.347 e. The van der Waals surface area contributed by atoms with Crippen molar-refractivity contribution in [1.29, 1.82) is 0 Å². The maximum Gasteiger partial charge on any atom is 0.261 e. The Bertz CT molecular complexity index is 720. The first-order valence-corrected chi connectivity index (χ1v) is 10.0. The predicted octanol–water partition coefficient (Wildman–Crippen LogP) is 3.43. The third-order valence-corrected chi connectivity index (χ3v) is 7.03. The van der Waals surface area contributed by atoms with Gasteiger partial charge in [-0.15, -0.1) is 11.3 Å². The van der Waals surface area contributed by atoms with Crippen LogP contribution in [0.25, 0.3) is 0 Å². The molecular weight excluding hydrogens is 338 g/mol. The molecule has 6 heteroatoms. The molecule has 126 valence electrons. The van der Waals surface area contributed by atoms with E-state index in [4.69, 9.17) is 0 Å². The van der Waals surface area contributed by atoms with Gasteiger partial charge >= 0.3 is 0 Å². The summed E-state index contributed by atoms with van der Waals surface area (Å²) in [4.78, 5) is 20.2. The number of rotatable bonds is 4. The van der Waals surface area contributed by atoms with Crippen LogP contribution >= 0.6 is 23.1 Å². The van der Waals surface area contributed by atoms with Gasteiger partial charge in [-0.25, -0.2) is 4.98 Å². The van der Waals surface area contributed by atoms with E-state index in [0.29, 0.717) is 12.0 Å². The van der Waals surface area contributed by atoms with Crippen molar-refractivity contribution in [1.82, 2.24) is 15.2 Å². The summed E-state index contributed by atoms with van der Waals surface area (Å²) < 4.78 is 1.10. The van der Waals surface area contributed by atoms with Gasteiger partial charge in [0.05, 0.1) is 9.09 Å². The summed E-state index contributed by atoms with van der Waals surface area (Å²) in [6.07, 6.45) is 4.31. The molecule has 0 radical (unpaired) electrons. The summed E-state index contributed by atoms with van der Waals surface area (Å²) >= 11 is 3.16. The summed E-state index contributed by atoms with van der Waals surface area (Å²) in [5.41, 5.74) is 1.16. The van der Waals surface area contributed by atoms with Crippen LogP contribution in [-0.2, 0) is 0 Å². The van der Waals surface area contributed by atoms with Crippen LogP contribution in [0.3, 0.4) is 0 Å². The quantitative estimate of drug-likeness (QED) is 0.908. The molecular formula is C18H21N3OS2. The molecule has 0 aliphatic carbocycles. The molecule has 3 aliphatic heterocycles. The number of nitrogens with one attached hydrogen (secondary N) is 1. The monoisotopic (exact) mass is 359 g/mol. The predicted molar refractivity (Wildman–Crippen MR) is 97.8 cm³/mol. The molecule has 3 saturated heterocycles. The van der Waals surface area contributed by atoms with Crippen molar-refractivity contribution in [2.24, 2.45) is 5.92 Å². The number of pyridine rings is 1. The highest BCUT2D eigenvalue weighted by atomic mass is 32.2. The molecule has 0 spiro atoms. The number of aromatic nitrogens is 1. The lowest BCUT2D eigenvalue weighted by molar-refractivity contribution is 0.0622. The zero-order valence-corrected chi connectivity index (χ0v) is 15.3. The zero-order valence-electron chi connectivity index (χ0n) is 13.7. The van der Waals surface area contributed by atoms with E-state index in [1.54, 1.807) is 23.1 Å². The second-order valence-electron chi connectivity index (χ2n) is 6.61. The van der Waals surface area contributed by atoms with E-state index in [0.717, 1.165) is 26.2 Å². The van der Waals surface area contributed by atoms with E-state index in [1.807, 2.05) is 31.3 Å². The van der Waals surface area contributed by atoms with Crippen LogP contribution in [0.1, 0.15) is 28.1 Å². The molecule has 3 fully saturated rings. The maximum absolute atomic E-state index is 12.6. The first-order chi connectivity index (χ1) is 11.7. The average molecular weight is 360 g/mol. The second kappa shape index (κ2) is 6.86. The number of fused-ring (bicyclic) bond motifs is 3. The lowest BCUT2D eigenvalue weighted by Crippen LogP contribution is -2.57. The Morgan fingerprint density at radius 2 is 2.12 bits per heavy atom. The van der Waals surface area contributed by atoms with Crippen LogP contribution in [-0.4, -0.2) is 41.5 Å². The Balaban J connectivity index is 1.39. The minimum absolute atomic E-state index is 0.0717. The zero-order chi connectivity index (χ0) is 16.5. The summed E-state index contributed by atoms with van der Waals surface area (Å²) in [5, 5.41) is 4.22. The number of carbonyl (C=O) groups excluding carboxylic acids is 1. The van der Waals surface area contributed by atoms with Crippen LogP contribution in [0.15, 0.2) is 39.7 Å². The summed E-state index contributed by atoms with van der Waals surface area (Å²) in [6, 6.07) is 8.34. The number of piperidine rings is 3. The van der Waals surface area contributed by atoms with Gasteiger partial charge in [-0.05, 0) is 62.5 Å². The van der Waals surface area contributed by atoms with Crippen LogP contribution in [0.4, 0.5) is 0 Å². The van der Waals surface area contributed by atoms with Gasteiger partial charge in [0.2, 0.25) is 0 Å². The topological polar surface area (TPSA) is 45.2 Å². The molecule has 5 heterocycles. The molecule has 2 bridgehead atoms. The maximum atomic E-state index is 12.6. The smallest absolute Gasteiger partial charge is 0.261 e. The van der Waals surface area contributed by atoms with Crippen molar-refractivity contribution in [3.05, 3.63) is 40.9 Å². The Morgan fingerprint density at radius 3 is 2.79 bits per heavy atom. The fourth-order valence-electron chi connectivity index (χ4n) is 3.48. The second-order valence-corrected chi connectivity index (χ2v) is 9.02. The Morgan fingerprint density at radius 1 is 1.29 bits per heavy atom. The molecule has 2 aromatic rings. The lowest BCUT2D eigenvalue weighted by Gasteiger charge is -2.44. The largest absolute Gasteiger partial charge is 0.347 e. The van der Waals surface area contributed by atoms with Crippen LogP contribution in [0.5, 0.6) is 0 Å². The van der Waals surface area contributed by atoms with Crippen LogP contribution in [0, 0.1) is 12.8 Å².